The summed E-state index contributed by atoms with van der Waals surface area (Å²) >= 11 is 0. The van der Waals surface area contributed by atoms with Gasteiger partial charge in [0, 0.05) is 5.30 Å². The van der Waals surface area contributed by atoms with Crippen molar-refractivity contribution in [3.8, 4) is 5.75 Å². The Morgan fingerprint density at radius 2 is 1.87 bits per heavy atom. The van der Waals surface area contributed by atoms with Crippen molar-refractivity contribution < 1.29 is 4.74 Å². The van der Waals surface area contributed by atoms with Gasteiger partial charge in [0.1, 0.15) is 5.75 Å². The second kappa shape index (κ2) is 5.48. The molecule has 2 saturated carbocycles. The van der Waals surface area contributed by atoms with Crippen molar-refractivity contribution in [1.29, 1.82) is 0 Å². The van der Waals surface area contributed by atoms with Crippen molar-refractivity contribution in [3.63, 3.8) is 0 Å². The third-order valence-corrected chi connectivity index (χ3v) is 10.7. The molecule has 1 nitrogen and oxygen atoms in total. The third kappa shape index (κ3) is 2.15. The van der Waals surface area contributed by atoms with Crippen LogP contribution in [-0.4, -0.2) is 18.4 Å². The van der Waals surface area contributed by atoms with Crippen LogP contribution in [0.5, 0.6) is 5.75 Å². The summed E-state index contributed by atoms with van der Waals surface area (Å²) in [5.74, 6) is 4.72. The first kappa shape index (κ1) is 15.9. The van der Waals surface area contributed by atoms with E-state index in [2.05, 4.69) is 52.0 Å². The highest BCUT2D eigenvalue weighted by Crippen LogP contribution is 2.85. The highest BCUT2D eigenvalue weighted by atomic mass is 31.1. The minimum absolute atomic E-state index is 0.0721. The van der Waals surface area contributed by atoms with Crippen LogP contribution in [0.4, 0.5) is 0 Å². The molecule has 3 aliphatic rings. The van der Waals surface area contributed by atoms with E-state index in [1.54, 1.807) is 5.30 Å². The number of hydrogen-bond acceptors (Lipinski definition) is 1. The summed E-state index contributed by atoms with van der Waals surface area (Å²) in [7, 11) is 1.77. The van der Waals surface area contributed by atoms with E-state index in [4.69, 9.17) is 4.74 Å². The summed E-state index contributed by atoms with van der Waals surface area (Å²) in [5.41, 5.74) is 2.62. The number of hydrogen-bond donors (Lipinski definition) is 0. The van der Waals surface area contributed by atoms with E-state index >= 15 is 0 Å². The predicted molar refractivity (Wildman–Crippen MR) is 100 cm³/mol. The monoisotopic (exact) mass is 330 g/mol. The molecular weight excluding hydrogens is 299 g/mol. The minimum Gasteiger partial charge on any atom is -0.496 e. The van der Waals surface area contributed by atoms with Gasteiger partial charge >= 0.3 is 0 Å². The molecule has 6 unspecified atom stereocenters. The standard InChI is InChI=1S/C21H31OP/c1-13(2)15-10-11-21-12-18(15)23(20(21)19(21)14(3)4)17-9-7-6-8-16(17)22-5/h6-9,13-15,18-20H,10-12H2,1-5H3. The van der Waals surface area contributed by atoms with Gasteiger partial charge in [-0.05, 0) is 65.7 Å². The average Bonchev–Trinajstić information content (AvgIpc) is 3.07. The van der Waals surface area contributed by atoms with E-state index in [0.717, 1.165) is 40.7 Å². The summed E-state index contributed by atoms with van der Waals surface area (Å²) in [4.78, 5) is 0. The van der Waals surface area contributed by atoms with Gasteiger partial charge < -0.3 is 4.74 Å². The smallest absolute Gasteiger partial charge is 0.126 e. The lowest BCUT2D eigenvalue weighted by molar-refractivity contribution is 0.203. The number of fused-ring (bicyclic) bond motifs is 1. The number of para-hydroxylation sites is 1. The highest BCUT2D eigenvalue weighted by molar-refractivity contribution is 7.68. The van der Waals surface area contributed by atoms with Crippen LogP contribution in [-0.2, 0) is 0 Å². The van der Waals surface area contributed by atoms with E-state index < -0.39 is 0 Å². The van der Waals surface area contributed by atoms with E-state index in [0.29, 0.717) is 5.41 Å². The maximum atomic E-state index is 5.78. The summed E-state index contributed by atoms with van der Waals surface area (Å²) in [6.45, 7) is 9.80. The van der Waals surface area contributed by atoms with E-state index in [-0.39, 0.29) is 7.92 Å². The van der Waals surface area contributed by atoms with Gasteiger partial charge in [-0.1, -0.05) is 53.8 Å². The lowest BCUT2D eigenvalue weighted by Crippen LogP contribution is -2.32. The minimum atomic E-state index is -0.0721. The van der Waals surface area contributed by atoms with Gasteiger partial charge in [0.2, 0.25) is 0 Å². The zero-order valence-corrected chi connectivity index (χ0v) is 16.1. The molecule has 2 aliphatic carbocycles. The van der Waals surface area contributed by atoms with Crippen LogP contribution in [0.15, 0.2) is 24.3 Å². The van der Waals surface area contributed by atoms with Gasteiger partial charge in [0.05, 0.1) is 7.11 Å². The molecule has 4 rings (SSSR count). The summed E-state index contributed by atoms with van der Waals surface area (Å²) in [6, 6.07) is 8.92. The molecule has 0 radical (unpaired) electrons. The van der Waals surface area contributed by atoms with Crippen LogP contribution in [0, 0.1) is 29.1 Å². The number of benzene rings is 1. The molecule has 2 bridgehead atoms. The van der Waals surface area contributed by atoms with Crippen molar-refractivity contribution in [1.82, 2.24) is 0 Å². The Labute approximate surface area is 143 Å². The highest BCUT2D eigenvalue weighted by Gasteiger charge is 2.75. The normalized spacial score (nSPS) is 41.3. The van der Waals surface area contributed by atoms with Crippen LogP contribution in [0.1, 0.15) is 47.0 Å². The lowest BCUT2D eigenvalue weighted by atomic mass is 9.73. The Bertz CT molecular complexity index is 583. The number of methoxy groups -OCH3 is 1. The fraction of sp³-hybridized carbons (Fsp3) is 0.714. The number of ether oxygens (including phenoxy) is 1. The molecule has 1 saturated heterocycles. The van der Waals surface area contributed by atoms with Gasteiger partial charge in [0.15, 0.2) is 0 Å². The van der Waals surface area contributed by atoms with Crippen molar-refractivity contribution >= 4 is 13.2 Å². The van der Waals surface area contributed by atoms with Crippen LogP contribution < -0.4 is 10.0 Å². The molecule has 1 aliphatic heterocycles. The first-order chi connectivity index (χ1) is 11.0. The van der Waals surface area contributed by atoms with Crippen molar-refractivity contribution in [2.24, 2.45) is 29.1 Å². The molecule has 0 amide bonds. The summed E-state index contributed by atoms with van der Waals surface area (Å²) in [6.07, 6.45) is 4.47. The molecule has 0 N–H and O–H groups in total. The predicted octanol–water partition coefficient (Wildman–Crippen LogP) is 5.28. The quantitative estimate of drug-likeness (QED) is 0.682. The van der Waals surface area contributed by atoms with Crippen LogP contribution in [0.2, 0.25) is 0 Å². The van der Waals surface area contributed by atoms with E-state index in [1.807, 2.05) is 7.11 Å². The maximum Gasteiger partial charge on any atom is 0.126 e. The fourth-order valence-corrected chi connectivity index (χ4v) is 11.3. The van der Waals surface area contributed by atoms with Crippen LogP contribution in [0.25, 0.3) is 0 Å². The Balaban J connectivity index is 1.76. The largest absolute Gasteiger partial charge is 0.496 e. The molecule has 1 aromatic rings. The molecule has 1 heterocycles. The zero-order valence-electron chi connectivity index (χ0n) is 15.3. The topological polar surface area (TPSA) is 9.23 Å². The van der Waals surface area contributed by atoms with Crippen molar-refractivity contribution in [3.05, 3.63) is 24.3 Å². The van der Waals surface area contributed by atoms with Crippen molar-refractivity contribution in [2.75, 3.05) is 7.11 Å². The summed E-state index contributed by atoms with van der Waals surface area (Å²) < 4.78 is 5.78. The SMILES string of the molecule is COc1ccccc1P1C2CC3(CCC2C(C)C)C(C(C)C)C13. The Kier molecular flexibility index (Phi) is 3.80. The van der Waals surface area contributed by atoms with E-state index in [1.165, 1.54) is 19.3 Å². The molecule has 0 aromatic heterocycles. The molecule has 23 heavy (non-hydrogen) atoms. The second-order valence-electron chi connectivity index (χ2n) is 8.74. The van der Waals surface area contributed by atoms with Crippen molar-refractivity contribution in [2.45, 2.75) is 58.3 Å². The van der Waals surface area contributed by atoms with Gasteiger partial charge in [-0.3, -0.25) is 0 Å². The molecule has 6 atom stereocenters. The molecule has 3 fully saturated rings. The second-order valence-corrected chi connectivity index (χ2v) is 11.3. The fourth-order valence-electron chi connectivity index (χ4n) is 6.28. The zero-order chi connectivity index (χ0) is 16.4. The van der Waals surface area contributed by atoms with Gasteiger partial charge in [0.25, 0.3) is 0 Å². The van der Waals surface area contributed by atoms with Gasteiger partial charge in [-0.25, -0.2) is 0 Å². The Morgan fingerprint density at radius 3 is 2.52 bits per heavy atom. The number of rotatable bonds is 4. The molecular formula is C21H31OP. The molecule has 2 heteroatoms. The summed E-state index contributed by atoms with van der Waals surface area (Å²) in [5, 5.41) is 1.57. The van der Waals surface area contributed by atoms with Crippen LogP contribution in [0.3, 0.4) is 0 Å². The molecule has 1 aromatic carbocycles. The third-order valence-electron chi connectivity index (χ3n) is 7.11. The van der Waals surface area contributed by atoms with E-state index in [9.17, 15) is 0 Å². The van der Waals surface area contributed by atoms with Gasteiger partial charge in [-0.15, -0.1) is 0 Å². The Morgan fingerprint density at radius 1 is 1.13 bits per heavy atom. The first-order valence-corrected chi connectivity index (χ1v) is 10.9. The first-order valence-electron chi connectivity index (χ1n) is 9.42. The molecule has 126 valence electrons. The van der Waals surface area contributed by atoms with Gasteiger partial charge in [-0.2, -0.15) is 0 Å². The lowest BCUT2D eigenvalue weighted by Gasteiger charge is -2.40. The maximum absolute atomic E-state index is 5.78. The van der Waals surface area contributed by atoms with Crippen LogP contribution >= 0.6 is 7.92 Å². The Hall–Kier alpha value is -0.550. The average molecular weight is 330 g/mol. The molecule has 1 spiro atoms.